The fourth-order valence-electron chi connectivity index (χ4n) is 2.93. The van der Waals surface area contributed by atoms with Gasteiger partial charge in [-0.2, -0.15) is 22.8 Å². The highest BCUT2D eigenvalue weighted by atomic mass is 19.4. The van der Waals surface area contributed by atoms with E-state index in [4.69, 9.17) is 4.74 Å². The van der Waals surface area contributed by atoms with Gasteiger partial charge in [0, 0.05) is 11.1 Å². The number of benzene rings is 2. The first-order valence-corrected chi connectivity index (χ1v) is 9.83. The van der Waals surface area contributed by atoms with Crippen LogP contribution in [0.1, 0.15) is 56.1 Å². The Morgan fingerprint density at radius 1 is 0.935 bits per heavy atom. The Morgan fingerprint density at radius 3 is 1.97 bits per heavy atom. The Labute approximate surface area is 178 Å². The SMILES string of the molecule is CC(C)Oc1nc(-c2ccc(C(C)(C)C)cc2)n(C(=O)c2ccc(C(F)(F)F)cc2)n1. The van der Waals surface area contributed by atoms with Crippen LogP contribution < -0.4 is 4.74 Å². The summed E-state index contributed by atoms with van der Waals surface area (Å²) in [7, 11) is 0. The average Bonchev–Trinajstić information content (AvgIpc) is 3.09. The Morgan fingerprint density at radius 2 is 1.48 bits per heavy atom. The predicted octanol–water partition coefficient (Wildman–Crippen LogP) is 5.74. The van der Waals surface area contributed by atoms with E-state index in [-0.39, 0.29) is 28.9 Å². The molecule has 0 amide bonds. The number of halogens is 3. The molecule has 0 radical (unpaired) electrons. The van der Waals surface area contributed by atoms with Gasteiger partial charge in [-0.25, -0.2) is 0 Å². The molecule has 0 fully saturated rings. The zero-order chi connectivity index (χ0) is 23.0. The zero-order valence-corrected chi connectivity index (χ0v) is 18.0. The number of carbonyl (C=O) groups excluding carboxylic acids is 1. The maximum absolute atomic E-state index is 13.1. The Kier molecular flexibility index (Phi) is 5.93. The minimum absolute atomic E-state index is 0.0187. The van der Waals surface area contributed by atoms with Crippen molar-refractivity contribution < 1.29 is 22.7 Å². The molecule has 0 saturated heterocycles. The van der Waals surface area contributed by atoms with Crippen molar-refractivity contribution in [1.29, 1.82) is 0 Å². The van der Waals surface area contributed by atoms with Gasteiger partial charge in [-0.1, -0.05) is 45.0 Å². The number of aromatic nitrogens is 3. The number of rotatable bonds is 4. The molecule has 0 aliphatic carbocycles. The summed E-state index contributed by atoms with van der Waals surface area (Å²) in [6.45, 7) is 9.88. The topological polar surface area (TPSA) is 57.0 Å². The van der Waals surface area contributed by atoms with Crippen LogP contribution in [0.5, 0.6) is 6.01 Å². The molecule has 5 nitrogen and oxygen atoms in total. The van der Waals surface area contributed by atoms with Gasteiger partial charge in [-0.3, -0.25) is 4.79 Å². The third kappa shape index (κ3) is 5.13. The van der Waals surface area contributed by atoms with Gasteiger partial charge in [-0.15, -0.1) is 5.10 Å². The maximum Gasteiger partial charge on any atom is 0.416 e. The summed E-state index contributed by atoms with van der Waals surface area (Å²) in [5.74, 6) is -0.351. The van der Waals surface area contributed by atoms with Crippen LogP contribution in [0.25, 0.3) is 11.4 Å². The first-order chi connectivity index (χ1) is 14.4. The van der Waals surface area contributed by atoms with E-state index in [1.807, 2.05) is 24.3 Å². The van der Waals surface area contributed by atoms with Crippen LogP contribution in [0.15, 0.2) is 48.5 Å². The monoisotopic (exact) mass is 431 g/mol. The number of hydrogen-bond donors (Lipinski definition) is 0. The molecule has 3 aromatic rings. The molecule has 31 heavy (non-hydrogen) atoms. The lowest BCUT2D eigenvalue weighted by atomic mass is 9.87. The third-order valence-electron chi connectivity index (χ3n) is 4.59. The van der Waals surface area contributed by atoms with E-state index in [2.05, 4.69) is 30.9 Å². The van der Waals surface area contributed by atoms with Gasteiger partial charge in [-0.05, 0) is 49.1 Å². The second-order valence-corrected chi connectivity index (χ2v) is 8.50. The van der Waals surface area contributed by atoms with E-state index >= 15 is 0 Å². The third-order valence-corrected chi connectivity index (χ3v) is 4.59. The van der Waals surface area contributed by atoms with E-state index in [1.165, 1.54) is 0 Å². The molecule has 2 aromatic carbocycles. The number of alkyl halides is 3. The molecule has 0 bridgehead atoms. The molecule has 1 aromatic heterocycles. The smallest absolute Gasteiger partial charge is 0.416 e. The van der Waals surface area contributed by atoms with E-state index < -0.39 is 17.6 Å². The minimum Gasteiger partial charge on any atom is -0.460 e. The number of hydrogen-bond acceptors (Lipinski definition) is 4. The summed E-state index contributed by atoms with van der Waals surface area (Å²) in [4.78, 5) is 17.4. The van der Waals surface area contributed by atoms with Crippen LogP contribution in [-0.4, -0.2) is 26.8 Å². The largest absolute Gasteiger partial charge is 0.460 e. The number of nitrogens with zero attached hydrogens (tertiary/aromatic N) is 3. The van der Waals surface area contributed by atoms with Crippen LogP contribution in [-0.2, 0) is 11.6 Å². The van der Waals surface area contributed by atoms with Crippen molar-refractivity contribution in [3.05, 3.63) is 65.2 Å². The van der Waals surface area contributed by atoms with Crippen molar-refractivity contribution in [1.82, 2.24) is 14.8 Å². The second kappa shape index (κ2) is 8.17. The lowest BCUT2D eigenvalue weighted by Gasteiger charge is -2.19. The molecular formula is C23H24F3N3O2. The number of carbonyl (C=O) groups is 1. The van der Waals surface area contributed by atoms with Gasteiger partial charge in [0.1, 0.15) is 0 Å². The van der Waals surface area contributed by atoms with Crippen LogP contribution in [0.3, 0.4) is 0 Å². The molecule has 1 heterocycles. The zero-order valence-electron chi connectivity index (χ0n) is 18.0. The van der Waals surface area contributed by atoms with Crippen molar-refractivity contribution in [2.75, 3.05) is 0 Å². The summed E-state index contributed by atoms with van der Waals surface area (Å²) < 4.78 is 45.1. The molecule has 0 N–H and O–H groups in total. The molecule has 0 atom stereocenters. The van der Waals surface area contributed by atoms with Gasteiger partial charge >= 0.3 is 12.2 Å². The van der Waals surface area contributed by atoms with Crippen molar-refractivity contribution in [3.63, 3.8) is 0 Å². The highest BCUT2D eigenvalue weighted by Crippen LogP contribution is 2.30. The molecule has 8 heteroatoms. The minimum atomic E-state index is -4.48. The number of ether oxygens (including phenoxy) is 1. The lowest BCUT2D eigenvalue weighted by Crippen LogP contribution is -2.16. The molecule has 0 spiro atoms. The Balaban J connectivity index is 2.02. The first-order valence-electron chi connectivity index (χ1n) is 9.83. The summed E-state index contributed by atoms with van der Waals surface area (Å²) in [6.07, 6.45) is -4.69. The van der Waals surface area contributed by atoms with E-state index in [9.17, 15) is 18.0 Å². The van der Waals surface area contributed by atoms with Crippen molar-refractivity contribution in [3.8, 4) is 17.4 Å². The normalized spacial score (nSPS) is 12.3. The predicted molar refractivity (Wildman–Crippen MR) is 111 cm³/mol. The molecule has 164 valence electrons. The molecule has 0 unspecified atom stereocenters. The molecule has 0 aliphatic heterocycles. The average molecular weight is 431 g/mol. The summed E-state index contributed by atoms with van der Waals surface area (Å²) in [5.41, 5.74) is 0.925. The molecule has 0 aliphatic rings. The summed E-state index contributed by atoms with van der Waals surface area (Å²) in [6, 6.07) is 11.6. The molecular weight excluding hydrogens is 407 g/mol. The maximum atomic E-state index is 13.1. The lowest BCUT2D eigenvalue weighted by molar-refractivity contribution is -0.137. The van der Waals surface area contributed by atoms with E-state index in [0.29, 0.717) is 5.56 Å². The van der Waals surface area contributed by atoms with E-state index in [1.54, 1.807) is 13.8 Å². The van der Waals surface area contributed by atoms with Crippen molar-refractivity contribution in [2.45, 2.75) is 52.3 Å². The molecule has 0 saturated carbocycles. The fourth-order valence-corrected chi connectivity index (χ4v) is 2.93. The Hall–Kier alpha value is -3.16. The van der Waals surface area contributed by atoms with Crippen LogP contribution >= 0.6 is 0 Å². The van der Waals surface area contributed by atoms with Crippen LogP contribution in [0, 0.1) is 0 Å². The summed E-state index contributed by atoms with van der Waals surface area (Å²) in [5, 5.41) is 4.16. The van der Waals surface area contributed by atoms with Gasteiger partial charge in [0.25, 0.3) is 5.91 Å². The second-order valence-electron chi connectivity index (χ2n) is 8.50. The standard InChI is InChI=1S/C23H24F3N3O2/c1-14(2)31-21-27-19(15-6-10-17(11-7-15)22(3,4)5)29(28-21)20(30)16-8-12-18(13-9-16)23(24,25)26/h6-14H,1-5H3. The van der Waals surface area contributed by atoms with Crippen molar-refractivity contribution >= 4 is 5.91 Å². The summed E-state index contributed by atoms with van der Waals surface area (Å²) >= 11 is 0. The highest BCUT2D eigenvalue weighted by molar-refractivity contribution is 5.97. The fraction of sp³-hybridized carbons (Fsp3) is 0.348. The van der Waals surface area contributed by atoms with Gasteiger partial charge in [0.05, 0.1) is 11.7 Å². The van der Waals surface area contributed by atoms with Gasteiger partial charge in [0.15, 0.2) is 5.82 Å². The first kappa shape index (κ1) is 22.5. The Bertz CT molecular complexity index is 1060. The highest BCUT2D eigenvalue weighted by Gasteiger charge is 2.30. The van der Waals surface area contributed by atoms with Crippen LogP contribution in [0.4, 0.5) is 13.2 Å². The molecule has 3 rings (SSSR count). The van der Waals surface area contributed by atoms with Gasteiger partial charge < -0.3 is 4.74 Å². The van der Waals surface area contributed by atoms with Crippen LogP contribution in [0.2, 0.25) is 0 Å². The quantitative estimate of drug-likeness (QED) is 0.529. The van der Waals surface area contributed by atoms with Crippen molar-refractivity contribution in [2.24, 2.45) is 0 Å². The van der Waals surface area contributed by atoms with Gasteiger partial charge in [0.2, 0.25) is 0 Å². The van der Waals surface area contributed by atoms with E-state index in [0.717, 1.165) is 34.5 Å².